The quantitative estimate of drug-likeness (QED) is 0.158. The highest BCUT2D eigenvalue weighted by Gasteiger charge is 2.16. The summed E-state index contributed by atoms with van der Waals surface area (Å²) in [6, 6.07) is 8.61. The van der Waals surface area contributed by atoms with Crippen LogP contribution in [0.1, 0.15) is 103 Å². The lowest BCUT2D eigenvalue weighted by Crippen LogP contribution is -2.42. The number of nitrogens with zero attached hydrogens (tertiary/aromatic N) is 1. The molecule has 0 aliphatic heterocycles. The third-order valence-corrected chi connectivity index (χ3v) is 7.88. The summed E-state index contributed by atoms with van der Waals surface area (Å²) in [5, 5.41) is 0. The van der Waals surface area contributed by atoms with Gasteiger partial charge in [0.05, 0.1) is 32.1 Å². The number of sulfonamides is 1. The van der Waals surface area contributed by atoms with E-state index in [1.165, 1.54) is 96.4 Å². The van der Waals surface area contributed by atoms with Gasteiger partial charge in [-0.1, -0.05) is 102 Å². The number of benzene rings is 1. The Morgan fingerprint density at radius 3 is 1.59 bits per heavy atom. The third-order valence-electron chi connectivity index (χ3n) is 6.40. The number of hydrogen-bond acceptors (Lipinski definition) is 2. The minimum absolute atomic E-state index is 0.344. The van der Waals surface area contributed by atoms with Gasteiger partial charge in [0, 0.05) is 13.0 Å². The molecule has 4 nitrogen and oxygen atoms in total. The molecule has 0 spiro atoms. The van der Waals surface area contributed by atoms with Crippen LogP contribution in [0.15, 0.2) is 35.2 Å². The molecular formula is C27H51N2O2S+. The zero-order chi connectivity index (χ0) is 23.5. The van der Waals surface area contributed by atoms with E-state index in [0.717, 1.165) is 17.4 Å². The molecule has 0 unspecified atom stereocenters. The van der Waals surface area contributed by atoms with Gasteiger partial charge in [-0.2, -0.15) is 0 Å². The van der Waals surface area contributed by atoms with Gasteiger partial charge in [-0.3, -0.25) is 0 Å². The highest BCUT2D eigenvalue weighted by atomic mass is 32.2. The van der Waals surface area contributed by atoms with E-state index in [1.807, 2.05) is 6.07 Å². The average molecular weight is 468 g/mol. The van der Waals surface area contributed by atoms with Crippen molar-refractivity contribution < 1.29 is 12.9 Å². The van der Waals surface area contributed by atoms with Gasteiger partial charge in [-0.15, -0.1) is 0 Å². The molecule has 0 bridgehead atoms. The monoisotopic (exact) mass is 467 g/mol. The Hall–Kier alpha value is -0.910. The Kier molecular flexibility index (Phi) is 16.0. The van der Waals surface area contributed by atoms with Crippen LogP contribution >= 0.6 is 0 Å². The maximum Gasteiger partial charge on any atom is 0.240 e. The van der Waals surface area contributed by atoms with Crippen LogP contribution in [-0.2, 0) is 10.0 Å². The zero-order valence-electron chi connectivity index (χ0n) is 21.3. The molecule has 0 saturated heterocycles. The molecule has 1 N–H and O–H groups in total. The molecule has 0 fully saturated rings. The topological polar surface area (TPSA) is 46.2 Å². The molecule has 0 aromatic heterocycles. The van der Waals surface area contributed by atoms with Gasteiger partial charge in [-0.05, 0) is 25.0 Å². The molecule has 0 amide bonds. The normalized spacial score (nSPS) is 12.3. The minimum Gasteiger partial charge on any atom is -0.328 e. The van der Waals surface area contributed by atoms with Gasteiger partial charge in [0.25, 0.3) is 0 Å². The molecule has 0 atom stereocenters. The summed E-state index contributed by atoms with van der Waals surface area (Å²) in [6.45, 7) is 4.94. The maximum atomic E-state index is 12.3. The fraction of sp³-hybridized carbons (Fsp3) is 0.778. The van der Waals surface area contributed by atoms with Gasteiger partial charge in [0.2, 0.25) is 10.0 Å². The van der Waals surface area contributed by atoms with Gasteiger partial charge in [0.1, 0.15) is 0 Å². The lowest BCUT2D eigenvalue weighted by atomic mass is 10.0. The van der Waals surface area contributed by atoms with E-state index in [2.05, 4.69) is 25.7 Å². The van der Waals surface area contributed by atoms with Crippen LogP contribution in [0, 0.1) is 0 Å². The Morgan fingerprint density at radius 2 is 1.09 bits per heavy atom. The number of rotatable bonds is 21. The highest BCUT2D eigenvalue weighted by molar-refractivity contribution is 7.89. The molecule has 0 aliphatic rings. The number of nitrogens with one attached hydrogen (secondary N) is 1. The SMILES string of the molecule is CCCCCCCCCCCCCCCC[N+](C)(C)CCCNS(=O)(=O)c1ccccc1. The van der Waals surface area contributed by atoms with Gasteiger partial charge >= 0.3 is 0 Å². The fourth-order valence-corrected chi connectivity index (χ4v) is 5.34. The van der Waals surface area contributed by atoms with Crippen LogP contribution in [0.25, 0.3) is 0 Å². The maximum absolute atomic E-state index is 12.3. The fourth-order valence-electron chi connectivity index (χ4n) is 4.24. The molecule has 186 valence electrons. The molecule has 32 heavy (non-hydrogen) atoms. The molecule has 0 aliphatic carbocycles. The second kappa shape index (κ2) is 17.6. The predicted octanol–water partition coefficient (Wildman–Crippen LogP) is 6.91. The highest BCUT2D eigenvalue weighted by Crippen LogP contribution is 2.14. The average Bonchev–Trinajstić information content (AvgIpc) is 2.77. The first-order valence-corrected chi connectivity index (χ1v) is 14.7. The second-order valence-electron chi connectivity index (χ2n) is 10.0. The summed E-state index contributed by atoms with van der Waals surface area (Å²) >= 11 is 0. The van der Waals surface area contributed by atoms with E-state index < -0.39 is 10.0 Å². The molecule has 1 aromatic rings. The Labute approximate surface area is 199 Å². The van der Waals surface area contributed by atoms with Gasteiger partial charge in [0.15, 0.2) is 0 Å². The Balaban J connectivity index is 1.96. The standard InChI is InChI=1S/C27H51N2O2S/c1-4-5-6-7-8-9-10-11-12-13-14-15-16-20-25-29(2,3)26-21-24-28-32(30,31)27-22-18-17-19-23-27/h17-19,22-23,28H,4-16,20-21,24-26H2,1-3H3/q+1. The van der Waals surface area contributed by atoms with E-state index in [9.17, 15) is 8.42 Å². The largest absolute Gasteiger partial charge is 0.328 e. The number of hydrogen-bond donors (Lipinski definition) is 1. The molecular weight excluding hydrogens is 416 g/mol. The summed E-state index contributed by atoms with van der Waals surface area (Å²) in [7, 11) is 1.14. The van der Waals surface area contributed by atoms with Crippen molar-refractivity contribution in [3.8, 4) is 0 Å². The summed E-state index contributed by atoms with van der Waals surface area (Å²) < 4.78 is 28.2. The third kappa shape index (κ3) is 15.0. The van der Waals surface area contributed by atoms with Crippen LogP contribution in [0.2, 0.25) is 0 Å². The summed E-state index contributed by atoms with van der Waals surface area (Å²) in [5.74, 6) is 0. The molecule has 1 aromatic carbocycles. The zero-order valence-corrected chi connectivity index (χ0v) is 22.1. The van der Waals surface area contributed by atoms with Crippen LogP contribution in [0.4, 0.5) is 0 Å². The lowest BCUT2D eigenvalue weighted by Gasteiger charge is -2.30. The molecule has 5 heteroatoms. The van der Waals surface area contributed by atoms with E-state index >= 15 is 0 Å². The van der Waals surface area contributed by atoms with Crippen LogP contribution in [-0.4, -0.2) is 46.6 Å². The van der Waals surface area contributed by atoms with Crippen LogP contribution in [0.5, 0.6) is 0 Å². The first kappa shape index (κ1) is 29.1. The Bertz CT molecular complexity index is 659. The molecule has 0 heterocycles. The van der Waals surface area contributed by atoms with Crippen molar-refractivity contribution in [2.75, 3.05) is 33.7 Å². The Morgan fingerprint density at radius 1 is 0.656 bits per heavy atom. The molecule has 0 radical (unpaired) electrons. The lowest BCUT2D eigenvalue weighted by molar-refractivity contribution is -0.890. The molecule has 1 rings (SSSR count). The van der Waals surface area contributed by atoms with Crippen molar-refractivity contribution in [2.45, 2.75) is 108 Å². The van der Waals surface area contributed by atoms with E-state index in [0.29, 0.717) is 11.4 Å². The minimum atomic E-state index is -3.38. The van der Waals surface area contributed by atoms with Crippen LogP contribution < -0.4 is 4.72 Å². The number of quaternary nitrogens is 1. The van der Waals surface area contributed by atoms with E-state index in [-0.39, 0.29) is 0 Å². The van der Waals surface area contributed by atoms with E-state index in [1.54, 1.807) is 24.3 Å². The van der Waals surface area contributed by atoms with Crippen molar-refractivity contribution in [2.24, 2.45) is 0 Å². The summed E-state index contributed by atoms with van der Waals surface area (Å²) in [6.07, 6.45) is 20.3. The predicted molar refractivity (Wildman–Crippen MR) is 138 cm³/mol. The van der Waals surface area contributed by atoms with Crippen LogP contribution in [0.3, 0.4) is 0 Å². The number of unbranched alkanes of at least 4 members (excludes halogenated alkanes) is 13. The van der Waals surface area contributed by atoms with Crippen molar-refractivity contribution in [1.82, 2.24) is 4.72 Å². The summed E-state index contributed by atoms with van der Waals surface area (Å²) in [5.41, 5.74) is 0. The first-order chi connectivity index (χ1) is 15.4. The smallest absolute Gasteiger partial charge is 0.240 e. The van der Waals surface area contributed by atoms with E-state index in [4.69, 9.17) is 0 Å². The van der Waals surface area contributed by atoms with Crippen molar-refractivity contribution in [3.05, 3.63) is 30.3 Å². The van der Waals surface area contributed by atoms with Crippen molar-refractivity contribution in [3.63, 3.8) is 0 Å². The van der Waals surface area contributed by atoms with Gasteiger partial charge in [-0.25, -0.2) is 13.1 Å². The van der Waals surface area contributed by atoms with Crippen molar-refractivity contribution >= 4 is 10.0 Å². The molecule has 0 saturated carbocycles. The first-order valence-electron chi connectivity index (χ1n) is 13.2. The van der Waals surface area contributed by atoms with Crippen molar-refractivity contribution in [1.29, 1.82) is 0 Å². The second-order valence-corrected chi connectivity index (χ2v) is 11.8. The van der Waals surface area contributed by atoms with Gasteiger partial charge < -0.3 is 4.48 Å². The summed E-state index contributed by atoms with van der Waals surface area (Å²) in [4.78, 5) is 0.344.